The Labute approximate surface area is 113 Å². The van der Waals surface area contributed by atoms with Gasteiger partial charge in [0.1, 0.15) is 5.82 Å². The minimum atomic E-state index is -0.335. The topological polar surface area (TPSA) is 52.0 Å². The molecule has 2 aromatic rings. The van der Waals surface area contributed by atoms with Crippen molar-refractivity contribution in [2.24, 2.45) is 5.92 Å². The van der Waals surface area contributed by atoms with Crippen molar-refractivity contribution in [1.29, 1.82) is 0 Å². The molecule has 0 aliphatic rings. The lowest BCUT2D eigenvalue weighted by atomic mass is 10.00. The molecular weight excluding hydrogens is 299 g/mol. The standard InChI is InChI=1S/C13H14BrFN2O/c1-7(2)6-9-12(18-17-13(9)16)8-4-3-5-10(15)11(8)14/h3-5,7H,6H2,1-2H3,(H2,16,17). The maximum absolute atomic E-state index is 13.5. The van der Waals surface area contributed by atoms with Gasteiger partial charge in [-0.05, 0) is 40.4 Å². The van der Waals surface area contributed by atoms with Crippen molar-refractivity contribution >= 4 is 21.7 Å². The molecule has 1 aromatic carbocycles. The zero-order chi connectivity index (χ0) is 13.3. The summed E-state index contributed by atoms with van der Waals surface area (Å²) < 4.78 is 19.1. The van der Waals surface area contributed by atoms with Crippen LogP contribution in [0, 0.1) is 11.7 Å². The van der Waals surface area contributed by atoms with Gasteiger partial charge in [0, 0.05) is 11.1 Å². The lowest BCUT2D eigenvalue weighted by Gasteiger charge is -2.07. The molecule has 0 bridgehead atoms. The zero-order valence-corrected chi connectivity index (χ0v) is 11.8. The first-order valence-corrected chi connectivity index (χ1v) is 6.48. The van der Waals surface area contributed by atoms with Gasteiger partial charge in [-0.2, -0.15) is 0 Å². The predicted molar refractivity (Wildman–Crippen MR) is 72.6 cm³/mol. The number of benzene rings is 1. The van der Waals surface area contributed by atoms with Gasteiger partial charge in [-0.3, -0.25) is 0 Å². The molecule has 0 radical (unpaired) electrons. The Bertz CT molecular complexity index is 566. The van der Waals surface area contributed by atoms with E-state index in [1.165, 1.54) is 6.07 Å². The number of aromatic nitrogens is 1. The zero-order valence-electron chi connectivity index (χ0n) is 10.2. The highest BCUT2D eigenvalue weighted by atomic mass is 79.9. The third-order valence-electron chi connectivity index (χ3n) is 2.63. The van der Waals surface area contributed by atoms with Crippen LogP contribution in [0.4, 0.5) is 10.2 Å². The van der Waals surface area contributed by atoms with Crippen molar-refractivity contribution in [3.05, 3.63) is 34.1 Å². The summed E-state index contributed by atoms with van der Waals surface area (Å²) in [6.07, 6.45) is 0.744. The van der Waals surface area contributed by atoms with Gasteiger partial charge in [-0.15, -0.1) is 0 Å². The van der Waals surface area contributed by atoms with E-state index in [2.05, 4.69) is 34.9 Å². The number of hydrogen-bond acceptors (Lipinski definition) is 3. The van der Waals surface area contributed by atoms with E-state index < -0.39 is 0 Å². The van der Waals surface area contributed by atoms with Crippen LogP contribution in [0.5, 0.6) is 0 Å². The smallest absolute Gasteiger partial charge is 0.173 e. The summed E-state index contributed by atoms with van der Waals surface area (Å²) in [6, 6.07) is 4.79. The fraction of sp³-hybridized carbons (Fsp3) is 0.308. The largest absolute Gasteiger partial charge is 0.381 e. The first kappa shape index (κ1) is 13.1. The molecule has 2 rings (SSSR count). The van der Waals surface area contributed by atoms with Gasteiger partial charge < -0.3 is 10.3 Å². The Hall–Kier alpha value is -1.36. The Morgan fingerprint density at radius 1 is 1.44 bits per heavy atom. The minimum absolute atomic E-state index is 0.335. The van der Waals surface area contributed by atoms with Crippen LogP contribution in [0.1, 0.15) is 19.4 Å². The summed E-state index contributed by atoms with van der Waals surface area (Å²) in [5.41, 5.74) is 7.27. The maximum atomic E-state index is 13.5. The lowest BCUT2D eigenvalue weighted by molar-refractivity contribution is 0.434. The maximum Gasteiger partial charge on any atom is 0.173 e. The second-order valence-corrected chi connectivity index (χ2v) is 5.37. The molecule has 0 saturated carbocycles. The predicted octanol–water partition coefficient (Wildman–Crippen LogP) is 4.02. The highest BCUT2D eigenvalue weighted by molar-refractivity contribution is 9.10. The SMILES string of the molecule is CC(C)Cc1c(N)noc1-c1cccc(F)c1Br. The van der Waals surface area contributed by atoms with Gasteiger partial charge in [0.2, 0.25) is 0 Å². The Morgan fingerprint density at radius 2 is 2.17 bits per heavy atom. The minimum Gasteiger partial charge on any atom is -0.381 e. The summed E-state index contributed by atoms with van der Waals surface area (Å²) in [4.78, 5) is 0. The highest BCUT2D eigenvalue weighted by Crippen LogP contribution is 2.35. The van der Waals surface area contributed by atoms with Crippen LogP contribution >= 0.6 is 15.9 Å². The molecule has 0 amide bonds. The van der Waals surface area contributed by atoms with Crippen molar-refractivity contribution in [3.8, 4) is 11.3 Å². The first-order valence-electron chi connectivity index (χ1n) is 5.69. The fourth-order valence-corrected chi connectivity index (χ4v) is 2.26. The van der Waals surface area contributed by atoms with E-state index in [0.29, 0.717) is 27.5 Å². The lowest BCUT2D eigenvalue weighted by Crippen LogP contribution is -1.99. The summed E-state index contributed by atoms with van der Waals surface area (Å²) in [7, 11) is 0. The van der Waals surface area contributed by atoms with Gasteiger partial charge in [0.25, 0.3) is 0 Å². The van der Waals surface area contributed by atoms with Gasteiger partial charge in [0.05, 0.1) is 4.47 Å². The number of nitrogens with two attached hydrogens (primary N) is 1. The molecule has 0 aliphatic heterocycles. The third kappa shape index (κ3) is 2.41. The van der Waals surface area contributed by atoms with Gasteiger partial charge in [-0.1, -0.05) is 25.1 Å². The van der Waals surface area contributed by atoms with Crippen LogP contribution in [-0.4, -0.2) is 5.16 Å². The normalized spacial score (nSPS) is 11.2. The molecule has 1 aromatic heterocycles. The van der Waals surface area contributed by atoms with Crippen molar-refractivity contribution in [1.82, 2.24) is 5.16 Å². The monoisotopic (exact) mass is 312 g/mol. The molecular formula is C13H14BrFN2O. The molecule has 5 heteroatoms. The molecule has 0 fully saturated rings. The molecule has 0 atom stereocenters. The second-order valence-electron chi connectivity index (χ2n) is 4.57. The summed E-state index contributed by atoms with van der Waals surface area (Å²) in [5, 5.41) is 3.78. The molecule has 0 unspecified atom stereocenters. The molecule has 1 heterocycles. The van der Waals surface area contributed by atoms with E-state index in [4.69, 9.17) is 10.3 Å². The Morgan fingerprint density at radius 3 is 2.83 bits per heavy atom. The average molecular weight is 313 g/mol. The summed E-state index contributed by atoms with van der Waals surface area (Å²) in [6.45, 7) is 4.16. The number of nitrogen functional groups attached to an aromatic ring is 1. The molecule has 2 N–H and O–H groups in total. The highest BCUT2D eigenvalue weighted by Gasteiger charge is 2.19. The molecule has 18 heavy (non-hydrogen) atoms. The molecule has 96 valence electrons. The Balaban J connectivity index is 2.54. The summed E-state index contributed by atoms with van der Waals surface area (Å²) in [5.74, 6) is 0.984. The van der Waals surface area contributed by atoms with E-state index in [-0.39, 0.29) is 5.82 Å². The van der Waals surface area contributed by atoms with Crippen molar-refractivity contribution in [3.63, 3.8) is 0 Å². The number of nitrogens with zero attached hydrogens (tertiary/aromatic N) is 1. The third-order valence-corrected chi connectivity index (χ3v) is 3.43. The molecule has 3 nitrogen and oxygen atoms in total. The number of halogens is 2. The molecule has 0 aliphatic carbocycles. The fourth-order valence-electron chi connectivity index (χ4n) is 1.82. The van der Waals surface area contributed by atoms with Crippen LogP contribution in [0.2, 0.25) is 0 Å². The van der Waals surface area contributed by atoms with Crippen LogP contribution in [0.25, 0.3) is 11.3 Å². The number of anilines is 1. The second kappa shape index (κ2) is 5.10. The van der Waals surface area contributed by atoms with Crippen molar-refractivity contribution < 1.29 is 8.91 Å². The first-order chi connectivity index (χ1) is 8.50. The van der Waals surface area contributed by atoms with Crippen LogP contribution in [0.3, 0.4) is 0 Å². The van der Waals surface area contributed by atoms with Crippen molar-refractivity contribution in [2.75, 3.05) is 5.73 Å². The number of hydrogen-bond donors (Lipinski definition) is 1. The molecule has 0 spiro atoms. The van der Waals surface area contributed by atoms with E-state index in [9.17, 15) is 4.39 Å². The van der Waals surface area contributed by atoms with Gasteiger partial charge in [-0.25, -0.2) is 4.39 Å². The molecule has 0 saturated heterocycles. The van der Waals surface area contributed by atoms with Crippen LogP contribution in [-0.2, 0) is 6.42 Å². The average Bonchev–Trinajstić information content (AvgIpc) is 2.64. The quantitative estimate of drug-likeness (QED) is 0.931. The number of rotatable bonds is 3. The van der Waals surface area contributed by atoms with Gasteiger partial charge >= 0.3 is 0 Å². The summed E-state index contributed by atoms with van der Waals surface area (Å²) >= 11 is 3.22. The van der Waals surface area contributed by atoms with E-state index in [1.54, 1.807) is 12.1 Å². The van der Waals surface area contributed by atoms with Crippen LogP contribution in [0.15, 0.2) is 27.2 Å². The van der Waals surface area contributed by atoms with Crippen molar-refractivity contribution in [2.45, 2.75) is 20.3 Å². The van der Waals surface area contributed by atoms with Gasteiger partial charge in [0.15, 0.2) is 11.6 Å². The van der Waals surface area contributed by atoms with Crippen LogP contribution < -0.4 is 5.73 Å². The van der Waals surface area contributed by atoms with E-state index in [1.807, 2.05) is 0 Å². The Kier molecular flexibility index (Phi) is 3.71. The van der Waals surface area contributed by atoms with E-state index in [0.717, 1.165) is 12.0 Å². The van der Waals surface area contributed by atoms with E-state index >= 15 is 0 Å².